The molecule has 0 aromatic carbocycles. The summed E-state index contributed by atoms with van der Waals surface area (Å²) >= 11 is 0. The van der Waals surface area contributed by atoms with E-state index in [-0.39, 0.29) is 0 Å². The Morgan fingerprint density at radius 2 is 0.462 bits per heavy atom. The Kier molecular flexibility index (Phi) is 13.4. The average molecular weight is 369 g/mol. The zero-order chi connectivity index (χ0) is 18.1. The van der Waals surface area contributed by atoms with Gasteiger partial charge in [0.05, 0.1) is 0 Å². The van der Waals surface area contributed by atoms with E-state index in [1.807, 2.05) is 0 Å². The first kappa shape index (κ1) is 22.1. The van der Waals surface area contributed by atoms with E-state index in [0.717, 1.165) is 90.4 Å². The summed E-state index contributed by atoms with van der Waals surface area (Å²) in [4.78, 5) is 0. The molecule has 3 rings (SSSR count). The quantitative estimate of drug-likeness (QED) is 0.365. The molecule has 2 bridgehead atoms. The van der Waals surface area contributed by atoms with Crippen LogP contribution in [-0.4, -0.2) is 78.5 Å². The van der Waals surface area contributed by atoms with Gasteiger partial charge in [-0.2, -0.15) is 0 Å². The van der Waals surface area contributed by atoms with Crippen molar-refractivity contribution in [1.82, 2.24) is 31.9 Å². The molecule has 6 nitrogen and oxygen atoms in total. The van der Waals surface area contributed by atoms with Crippen molar-refractivity contribution in [2.45, 2.75) is 38.5 Å². The molecule has 3 saturated heterocycles. The highest BCUT2D eigenvalue weighted by Gasteiger charge is 2.10. The molecular formula is C20H44N6. The first-order valence-corrected chi connectivity index (χ1v) is 11.2. The predicted molar refractivity (Wildman–Crippen MR) is 112 cm³/mol. The molecular weight excluding hydrogens is 324 g/mol. The third-order valence-electron chi connectivity index (χ3n) is 5.81. The molecule has 6 N–H and O–H groups in total. The molecule has 0 spiro atoms. The Bertz CT molecular complexity index is 237. The fraction of sp³-hybridized carbons (Fsp3) is 1.00. The van der Waals surface area contributed by atoms with Crippen molar-refractivity contribution in [3.63, 3.8) is 0 Å². The van der Waals surface area contributed by atoms with Gasteiger partial charge in [0.25, 0.3) is 0 Å². The van der Waals surface area contributed by atoms with Crippen LogP contribution < -0.4 is 31.9 Å². The first-order chi connectivity index (χ1) is 12.9. The van der Waals surface area contributed by atoms with Gasteiger partial charge in [0.1, 0.15) is 0 Å². The van der Waals surface area contributed by atoms with Crippen LogP contribution in [0.15, 0.2) is 0 Å². The van der Waals surface area contributed by atoms with Crippen LogP contribution in [0.4, 0.5) is 0 Å². The normalized spacial score (nSPS) is 30.5. The predicted octanol–water partition coefficient (Wildman–Crippen LogP) is 0.124. The van der Waals surface area contributed by atoms with Crippen molar-refractivity contribution in [1.29, 1.82) is 0 Å². The fourth-order valence-corrected chi connectivity index (χ4v) is 3.98. The highest BCUT2D eigenvalue weighted by molar-refractivity contribution is 4.69. The van der Waals surface area contributed by atoms with Crippen LogP contribution in [-0.2, 0) is 0 Å². The lowest BCUT2D eigenvalue weighted by Gasteiger charge is -2.21. The summed E-state index contributed by atoms with van der Waals surface area (Å²) in [5.74, 6) is 1.63. The lowest BCUT2D eigenvalue weighted by atomic mass is 9.97. The second kappa shape index (κ2) is 15.8. The summed E-state index contributed by atoms with van der Waals surface area (Å²) in [6.07, 6.45) is 7.76. The van der Waals surface area contributed by atoms with E-state index in [0.29, 0.717) is 0 Å². The van der Waals surface area contributed by atoms with Crippen molar-refractivity contribution < 1.29 is 0 Å². The van der Waals surface area contributed by atoms with Gasteiger partial charge < -0.3 is 31.9 Å². The summed E-state index contributed by atoms with van der Waals surface area (Å²) in [5, 5.41) is 21.8. The third kappa shape index (κ3) is 11.5. The van der Waals surface area contributed by atoms with E-state index < -0.39 is 0 Å². The maximum atomic E-state index is 3.63. The minimum Gasteiger partial charge on any atom is -0.315 e. The smallest absolute Gasteiger partial charge is 0.00767 e. The van der Waals surface area contributed by atoms with Gasteiger partial charge in [0.15, 0.2) is 0 Å². The Labute approximate surface area is 161 Å². The maximum Gasteiger partial charge on any atom is 0.00767 e. The summed E-state index contributed by atoms with van der Waals surface area (Å²) in [6.45, 7) is 13.5. The van der Waals surface area contributed by atoms with E-state index in [1.165, 1.54) is 38.5 Å². The largest absolute Gasteiger partial charge is 0.315 e. The number of hydrogen-bond donors (Lipinski definition) is 6. The number of hydrogen-bond acceptors (Lipinski definition) is 6. The molecule has 3 aliphatic heterocycles. The number of rotatable bonds is 0. The fourth-order valence-electron chi connectivity index (χ4n) is 3.98. The van der Waals surface area contributed by atoms with E-state index in [4.69, 9.17) is 0 Å². The van der Waals surface area contributed by atoms with Gasteiger partial charge in [-0.25, -0.2) is 0 Å². The molecule has 0 aliphatic carbocycles. The third-order valence-corrected chi connectivity index (χ3v) is 5.81. The molecule has 3 heterocycles. The molecule has 3 aliphatic rings. The Morgan fingerprint density at radius 1 is 0.269 bits per heavy atom. The average Bonchev–Trinajstić information content (AvgIpc) is 2.65. The molecule has 0 atom stereocenters. The molecule has 0 amide bonds. The molecule has 0 aromatic rings. The summed E-state index contributed by atoms with van der Waals surface area (Å²) in [5.41, 5.74) is 0. The highest BCUT2D eigenvalue weighted by atomic mass is 15.0. The summed E-state index contributed by atoms with van der Waals surface area (Å²) < 4.78 is 0. The van der Waals surface area contributed by atoms with Gasteiger partial charge in [-0.3, -0.25) is 0 Å². The van der Waals surface area contributed by atoms with Crippen molar-refractivity contribution in [2.24, 2.45) is 11.8 Å². The van der Waals surface area contributed by atoms with Crippen molar-refractivity contribution in [3.8, 4) is 0 Å². The van der Waals surface area contributed by atoms with Gasteiger partial charge in [-0.05, 0) is 89.6 Å². The van der Waals surface area contributed by atoms with Crippen LogP contribution in [0.1, 0.15) is 38.5 Å². The second-order valence-electron chi connectivity index (χ2n) is 7.96. The minimum absolute atomic E-state index is 0.815. The van der Waals surface area contributed by atoms with Crippen molar-refractivity contribution in [3.05, 3.63) is 0 Å². The number of fused-ring (bicyclic) bond motifs is 21. The van der Waals surface area contributed by atoms with Crippen LogP contribution in [0.5, 0.6) is 0 Å². The molecule has 3 fully saturated rings. The Morgan fingerprint density at radius 3 is 0.654 bits per heavy atom. The van der Waals surface area contributed by atoms with Crippen LogP contribution in [0, 0.1) is 11.8 Å². The lowest BCUT2D eigenvalue weighted by molar-refractivity contribution is 0.368. The minimum atomic E-state index is 0.815. The molecule has 0 aromatic heterocycles. The van der Waals surface area contributed by atoms with Crippen LogP contribution in [0.2, 0.25) is 0 Å². The standard InChI is InChI=1S/C20H44N6/c1-7-21-13-14-24-10-4-20-5-11-25-17-15-22-8-2-19(1)3-9-23-16-18-26-12-6-20/h19-26H,1-18H2. The van der Waals surface area contributed by atoms with Crippen molar-refractivity contribution in [2.75, 3.05) is 78.5 Å². The van der Waals surface area contributed by atoms with Crippen LogP contribution in [0.25, 0.3) is 0 Å². The van der Waals surface area contributed by atoms with Gasteiger partial charge >= 0.3 is 0 Å². The highest BCUT2D eigenvalue weighted by Crippen LogP contribution is 2.13. The van der Waals surface area contributed by atoms with E-state index in [2.05, 4.69) is 31.9 Å². The van der Waals surface area contributed by atoms with Crippen LogP contribution >= 0.6 is 0 Å². The van der Waals surface area contributed by atoms with Crippen molar-refractivity contribution >= 4 is 0 Å². The zero-order valence-electron chi connectivity index (χ0n) is 16.9. The van der Waals surface area contributed by atoms with Crippen LogP contribution in [0.3, 0.4) is 0 Å². The number of nitrogens with one attached hydrogen (secondary N) is 6. The zero-order valence-corrected chi connectivity index (χ0v) is 16.9. The lowest BCUT2D eigenvalue weighted by Crippen LogP contribution is -2.34. The summed E-state index contributed by atoms with van der Waals surface area (Å²) in [7, 11) is 0. The van der Waals surface area contributed by atoms with Gasteiger partial charge in [-0.1, -0.05) is 0 Å². The molecule has 0 unspecified atom stereocenters. The monoisotopic (exact) mass is 368 g/mol. The molecule has 0 radical (unpaired) electrons. The Hall–Kier alpha value is -0.240. The molecule has 0 saturated carbocycles. The molecule has 26 heavy (non-hydrogen) atoms. The SMILES string of the molecule is C1CNCCC2CCNCCNCCC(CCN1)CCNCCNCC2. The van der Waals surface area contributed by atoms with E-state index in [9.17, 15) is 0 Å². The summed E-state index contributed by atoms with van der Waals surface area (Å²) in [6, 6.07) is 0. The van der Waals surface area contributed by atoms with Gasteiger partial charge in [0, 0.05) is 39.3 Å². The Balaban J connectivity index is 1.87. The maximum absolute atomic E-state index is 3.63. The molecule has 154 valence electrons. The second-order valence-corrected chi connectivity index (χ2v) is 7.96. The topological polar surface area (TPSA) is 72.2 Å². The van der Waals surface area contributed by atoms with E-state index in [1.54, 1.807) is 0 Å². The molecule has 6 heteroatoms. The van der Waals surface area contributed by atoms with E-state index >= 15 is 0 Å². The van der Waals surface area contributed by atoms with Gasteiger partial charge in [0.2, 0.25) is 0 Å². The van der Waals surface area contributed by atoms with Gasteiger partial charge in [-0.15, -0.1) is 0 Å². The first-order valence-electron chi connectivity index (χ1n) is 11.2.